The molecule has 0 amide bonds. The van der Waals surface area contributed by atoms with Gasteiger partial charge >= 0.3 is 0 Å². The summed E-state index contributed by atoms with van der Waals surface area (Å²) in [4.78, 5) is 18.0. The molecule has 1 rings (SSSR count). The maximum absolute atomic E-state index is 11.9. The quantitative estimate of drug-likeness (QED) is 0.623. The lowest BCUT2D eigenvalue weighted by molar-refractivity contribution is -0.113. The van der Waals surface area contributed by atoms with Crippen molar-refractivity contribution in [3.05, 3.63) is 0 Å². The van der Waals surface area contributed by atoms with Gasteiger partial charge in [0.05, 0.1) is 13.2 Å². The molecule has 1 heterocycles. The van der Waals surface area contributed by atoms with Crippen LogP contribution >= 0.6 is 0 Å². The Labute approximate surface area is 104 Å². The number of amidine groups is 1. The smallest absolute Gasteiger partial charge is 0.197 e. The summed E-state index contributed by atoms with van der Waals surface area (Å²) in [6.07, 6.45) is 6.40. The number of ketones is 1. The van der Waals surface area contributed by atoms with Gasteiger partial charge in [-0.05, 0) is 6.42 Å². The molecule has 1 N–H and O–H groups in total. The number of β-amino-alcohol motifs (C(OH)–C–C–N with tert-alkyl or cyclic N) is 1. The Balaban J connectivity index is 2.22. The first-order valence-electron chi connectivity index (χ1n) is 6.73. The van der Waals surface area contributed by atoms with E-state index < -0.39 is 0 Å². The second kappa shape index (κ2) is 8.23. The topological polar surface area (TPSA) is 52.9 Å². The predicted molar refractivity (Wildman–Crippen MR) is 69.3 cm³/mol. The van der Waals surface area contributed by atoms with E-state index in [1.165, 1.54) is 19.3 Å². The van der Waals surface area contributed by atoms with Gasteiger partial charge in [0, 0.05) is 19.5 Å². The molecule has 1 aliphatic heterocycles. The fourth-order valence-corrected chi connectivity index (χ4v) is 2.09. The highest BCUT2D eigenvalue weighted by Crippen LogP contribution is 2.09. The molecule has 0 aliphatic carbocycles. The molecule has 98 valence electrons. The van der Waals surface area contributed by atoms with Gasteiger partial charge < -0.3 is 10.0 Å². The first-order valence-corrected chi connectivity index (χ1v) is 6.73. The third-order valence-electron chi connectivity index (χ3n) is 3.06. The van der Waals surface area contributed by atoms with Gasteiger partial charge in [0.25, 0.3) is 0 Å². The van der Waals surface area contributed by atoms with Crippen molar-refractivity contribution in [1.82, 2.24) is 4.90 Å². The van der Waals surface area contributed by atoms with Crippen molar-refractivity contribution < 1.29 is 9.90 Å². The number of carbonyl (C=O) groups excluding carboxylic acids is 1. The van der Waals surface area contributed by atoms with Gasteiger partial charge in [-0.3, -0.25) is 9.79 Å². The number of aliphatic hydroxyl groups is 1. The molecule has 4 heteroatoms. The number of hydrogen-bond donors (Lipinski definition) is 1. The molecule has 0 atom stereocenters. The largest absolute Gasteiger partial charge is 0.395 e. The van der Waals surface area contributed by atoms with Crippen LogP contribution in [0.4, 0.5) is 0 Å². The van der Waals surface area contributed by atoms with Gasteiger partial charge in [-0.1, -0.05) is 32.6 Å². The number of nitrogens with zero attached hydrogens (tertiary/aromatic N) is 2. The van der Waals surface area contributed by atoms with Crippen molar-refractivity contribution in [2.45, 2.75) is 45.4 Å². The molecule has 0 aromatic carbocycles. The Morgan fingerprint density at radius 1 is 1.35 bits per heavy atom. The summed E-state index contributed by atoms with van der Waals surface area (Å²) in [5, 5.41) is 8.89. The van der Waals surface area contributed by atoms with Crippen molar-refractivity contribution in [2.75, 3.05) is 26.2 Å². The van der Waals surface area contributed by atoms with Crippen LogP contribution in [-0.2, 0) is 4.79 Å². The van der Waals surface area contributed by atoms with Gasteiger partial charge in [-0.2, -0.15) is 0 Å². The number of aliphatic hydroxyl groups excluding tert-OH is 1. The monoisotopic (exact) mass is 240 g/mol. The molecule has 0 radical (unpaired) electrons. The number of hydrogen-bond acceptors (Lipinski definition) is 4. The fraction of sp³-hybridized carbons (Fsp3) is 0.846. The summed E-state index contributed by atoms with van der Waals surface area (Å²) >= 11 is 0. The highest BCUT2D eigenvalue weighted by Gasteiger charge is 2.22. The predicted octanol–water partition coefficient (Wildman–Crippen LogP) is 1.62. The van der Waals surface area contributed by atoms with Crippen LogP contribution in [-0.4, -0.2) is 47.9 Å². The van der Waals surface area contributed by atoms with E-state index in [1.807, 2.05) is 4.90 Å². The van der Waals surface area contributed by atoms with E-state index in [4.69, 9.17) is 5.11 Å². The number of Topliss-reactive ketones (excluding diaryl/α,β-unsaturated/α-hetero) is 1. The van der Waals surface area contributed by atoms with Crippen molar-refractivity contribution in [3.63, 3.8) is 0 Å². The Morgan fingerprint density at radius 2 is 2.12 bits per heavy atom. The molecule has 0 bridgehead atoms. The number of aliphatic imine (C=N–C) groups is 1. The highest BCUT2D eigenvalue weighted by molar-refractivity contribution is 6.39. The van der Waals surface area contributed by atoms with Crippen LogP contribution in [0.25, 0.3) is 0 Å². The van der Waals surface area contributed by atoms with Crippen molar-refractivity contribution >= 4 is 11.6 Å². The summed E-state index contributed by atoms with van der Waals surface area (Å²) in [7, 11) is 0. The third kappa shape index (κ3) is 4.86. The minimum Gasteiger partial charge on any atom is -0.395 e. The first-order chi connectivity index (χ1) is 8.29. The van der Waals surface area contributed by atoms with E-state index in [0.717, 1.165) is 19.4 Å². The molecule has 0 aromatic heterocycles. The molecule has 1 aliphatic rings. The Hall–Kier alpha value is -0.900. The Kier molecular flexibility index (Phi) is 6.86. The van der Waals surface area contributed by atoms with E-state index in [-0.39, 0.29) is 12.4 Å². The van der Waals surface area contributed by atoms with Gasteiger partial charge in [0.2, 0.25) is 0 Å². The zero-order valence-corrected chi connectivity index (χ0v) is 10.8. The van der Waals surface area contributed by atoms with Crippen LogP contribution in [0.3, 0.4) is 0 Å². The molecular weight excluding hydrogens is 216 g/mol. The lowest BCUT2D eigenvalue weighted by atomic mass is 10.1. The minimum atomic E-state index is 0.0861. The first kappa shape index (κ1) is 14.2. The molecule has 17 heavy (non-hydrogen) atoms. The SMILES string of the molecule is CCCCCCCC(=O)C1=NCCN1CCO. The van der Waals surface area contributed by atoms with Gasteiger partial charge in [-0.15, -0.1) is 0 Å². The van der Waals surface area contributed by atoms with Crippen molar-refractivity contribution in [2.24, 2.45) is 4.99 Å². The average molecular weight is 240 g/mol. The van der Waals surface area contributed by atoms with E-state index in [2.05, 4.69) is 11.9 Å². The minimum absolute atomic E-state index is 0.0861. The lowest BCUT2D eigenvalue weighted by Crippen LogP contribution is -2.35. The summed E-state index contributed by atoms with van der Waals surface area (Å²) in [5.74, 6) is 0.738. The summed E-state index contributed by atoms with van der Waals surface area (Å²) < 4.78 is 0. The summed E-state index contributed by atoms with van der Waals surface area (Å²) in [5.41, 5.74) is 0. The van der Waals surface area contributed by atoms with E-state index in [9.17, 15) is 4.79 Å². The summed E-state index contributed by atoms with van der Waals surface area (Å²) in [6, 6.07) is 0. The standard InChI is InChI=1S/C13H24N2O2/c1-2-3-4-5-6-7-12(17)13-14-8-9-15(13)10-11-16/h16H,2-11H2,1H3. The zero-order valence-electron chi connectivity index (χ0n) is 10.8. The van der Waals surface area contributed by atoms with Crippen LogP contribution in [0.2, 0.25) is 0 Å². The van der Waals surface area contributed by atoms with Crippen LogP contribution in [0.5, 0.6) is 0 Å². The second-order valence-corrected chi connectivity index (χ2v) is 4.50. The molecule has 0 saturated heterocycles. The Morgan fingerprint density at radius 3 is 2.82 bits per heavy atom. The number of carbonyl (C=O) groups is 1. The zero-order chi connectivity index (χ0) is 12.5. The normalized spacial score (nSPS) is 15.2. The highest BCUT2D eigenvalue weighted by atomic mass is 16.3. The van der Waals surface area contributed by atoms with Gasteiger partial charge in [0.1, 0.15) is 0 Å². The van der Waals surface area contributed by atoms with E-state index in [0.29, 0.717) is 25.3 Å². The van der Waals surface area contributed by atoms with Crippen LogP contribution in [0, 0.1) is 0 Å². The second-order valence-electron chi connectivity index (χ2n) is 4.50. The lowest BCUT2D eigenvalue weighted by Gasteiger charge is -2.17. The Bertz CT molecular complexity index is 264. The molecular formula is C13H24N2O2. The van der Waals surface area contributed by atoms with Gasteiger partial charge in [-0.25, -0.2) is 0 Å². The molecule has 0 fully saturated rings. The third-order valence-corrected chi connectivity index (χ3v) is 3.06. The van der Waals surface area contributed by atoms with Crippen LogP contribution in [0.1, 0.15) is 45.4 Å². The summed E-state index contributed by atoms with van der Waals surface area (Å²) in [6.45, 7) is 4.27. The van der Waals surface area contributed by atoms with Crippen LogP contribution in [0.15, 0.2) is 4.99 Å². The molecule has 4 nitrogen and oxygen atoms in total. The molecule has 0 aromatic rings. The molecule has 0 spiro atoms. The van der Waals surface area contributed by atoms with Gasteiger partial charge in [0.15, 0.2) is 11.6 Å². The van der Waals surface area contributed by atoms with E-state index in [1.54, 1.807) is 0 Å². The maximum Gasteiger partial charge on any atom is 0.197 e. The fourth-order valence-electron chi connectivity index (χ4n) is 2.09. The van der Waals surface area contributed by atoms with Crippen LogP contribution < -0.4 is 0 Å². The van der Waals surface area contributed by atoms with Crippen molar-refractivity contribution in [3.8, 4) is 0 Å². The number of unbranched alkanes of at least 4 members (excludes halogenated alkanes) is 4. The molecule has 0 saturated carbocycles. The van der Waals surface area contributed by atoms with Crippen molar-refractivity contribution in [1.29, 1.82) is 0 Å². The van der Waals surface area contributed by atoms with E-state index >= 15 is 0 Å². The molecule has 0 unspecified atom stereocenters. The number of rotatable bonds is 9. The maximum atomic E-state index is 11.9. The average Bonchev–Trinajstić information content (AvgIpc) is 2.77.